The van der Waals surface area contributed by atoms with Crippen LogP contribution in [0, 0.1) is 11.3 Å². The molecule has 3 aromatic carbocycles. The first-order chi connectivity index (χ1) is 13.6. The predicted molar refractivity (Wildman–Crippen MR) is 97.2 cm³/mol. The maximum absolute atomic E-state index is 13.2. The van der Waals surface area contributed by atoms with Gasteiger partial charge in [-0.05, 0) is 40.6 Å². The van der Waals surface area contributed by atoms with Gasteiger partial charge in [-0.1, -0.05) is 36.4 Å². The van der Waals surface area contributed by atoms with Crippen LogP contribution in [0.15, 0.2) is 60.7 Å². The lowest BCUT2D eigenvalue weighted by atomic mass is 10.0. The molecule has 0 saturated carbocycles. The van der Waals surface area contributed by atoms with Crippen LogP contribution in [0.25, 0.3) is 10.8 Å². The molecule has 3 aromatic rings. The first kappa shape index (κ1) is 20.5. The van der Waals surface area contributed by atoms with Crippen LogP contribution in [0.5, 0.6) is 0 Å². The molecular formula is C21H14F6N2. The van der Waals surface area contributed by atoms with E-state index in [0.29, 0.717) is 11.6 Å². The van der Waals surface area contributed by atoms with Crippen LogP contribution < -0.4 is 4.90 Å². The van der Waals surface area contributed by atoms with Gasteiger partial charge >= 0.3 is 12.4 Å². The summed E-state index contributed by atoms with van der Waals surface area (Å²) in [5.74, 6) is 0. The second kappa shape index (κ2) is 7.66. The normalized spacial score (nSPS) is 12.0. The van der Waals surface area contributed by atoms with E-state index in [9.17, 15) is 26.3 Å². The fourth-order valence-electron chi connectivity index (χ4n) is 3.07. The second-order valence-electron chi connectivity index (χ2n) is 6.49. The van der Waals surface area contributed by atoms with E-state index < -0.39 is 30.0 Å². The summed E-state index contributed by atoms with van der Waals surface area (Å²) in [6.07, 6.45) is -9.48. The van der Waals surface area contributed by atoms with Crippen molar-refractivity contribution in [3.63, 3.8) is 0 Å². The first-order valence-electron chi connectivity index (χ1n) is 8.47. The van der Waals surface area contributed by atoms with E-state index in [1.807, 2.05) is 12.1 Å². The van der Waals surface area contributed by atoms with Crippen LogP contribution in [0.3, 0.4) is 0 Å². The molecule has 0 N–H and O–H groups in total. The minimum Gasteiger partial charge on any atom is -0.358 e. The third kappa shape index (κ3) is 4.99. The zero-order valence-corrected chi connectivity index (χ0v) is 14.8. The fraction of sp³-hybridized carbons (Fsp3) is 0.190. The van der Waals surface area contributed by atoms with E-state index >= 15 is 0 Å². The zero-order chi connectivity index (χ0) is 21.2. The molecule has 29 heavy (non-hydrogen) atoms. The molecule has 0 aliphatic rings. The van der Waals surface area contributed by atoms with E-state index in [2.05, 4.69) is 0 Å². The molecule has 0 bridgehead atoms. The maximum atomic E-state index is 13.2. The molecule has 0 radical (unpaired) electrons. The Hall–Kier alpha value is -3.21. The molecule has 0 spiro atoms. The van der Waals surface area contributed by atoms with Crippen LogP contribution in [0.2, 0.25) is 0 Å². The first-order valence-corrected chi connectivity index (χ1v) is 8.47. The summed E-state index contributed by atoms with van der Waals surface area (Å²) >= 11 is 0. The molecule has 0 aliphatic heterocycles. The van der Waals surface area contributed by atoms with Crippen LogP contribution in [-0.2, 0) is 12.7 Å². The number of fused-ring (bicyclic) bond motifs is 1. The van der Waals surface area contributed by atoms with Gasteiger partial charge in [0.2, 0.25) is 0 Å². The zero-order valence-electron chi connectivity index (χ0n) is 14.8. The Morgan fingerprint density at radius 3 is 2.14 bits per heavy atom. The van der Waals surface area contributed by atoms with Gasteiger partial charge in [-0.2, -0.15) is 31.6 Å². The van der Waals surface area contributed by atoms with Crippen molar-refractivity contribution in [3.05, 3.63) is 77.4 Å². The number of anilines is 1. The number of hydrogen-bond donors (Lipinski definition) is 0. The molecule has 0 aliphatic carbocycles. The lowest BCUT2D eigenvalue weighted by molar-refractivity contribution is -0.137. The van der Waals surface area contributed by atoms with Gasteiger partial charge in [0.05, 0.1) is 17.2 Å². The Kier molecular flexibility index (Phi) is 5.42. The SMILES string of the molecule is N#Cc1ccc(N(Cc2ccc3ccccc3c2)CC(F)(F)F)cc1C(F)(F)F. The topological polar surface area (TPSA) is 27.0 Å². The average molecular weight is 408 g/mol. The van der Waals surface area contributed by atoms with E-state index in [4.69, 9.17) is 5.26 Å². The smallest absolute Gasteiger partial charge is 0.358 e. The molecule has 0 heterocycles. The van der Waals surface area contributed by atoms with Gasteiger partial charge < -0.3 is 4.90 Å². The van der Waals surface area contributed by atoms with Crippen LogP contribution in [0.1, 0.15) is 16.7 Å². The van der Waals surface area contributed by atoms with Gasteiger partial charge in [0.15, 0.2) is 0 Å². The molecule has 2 nitrogen and oxygen atoms in total. The number of benzene rings is 3. The van der Waals surface area contributed by atoms with Crippen LogP contribution in [-0.4, -0.2) is 12.7 Å². The van der Waals surface area contributed by atoms with Gasteiger partial charge in [0.1, 0.15) is 6.54 Å². The van der Waals surface area contributed by atoms with Crippen molar-refractivity contribution >= 4 is 16.5 Å². The predicted octanol–water partition coefficient (Wildman–Crippen LogP) is 6.30. The van der Waals surface area contributed by atoms with Crippen molar-refractivity contribution in [1.82, 2.24) is 0 Å². The van der Waals surface area contributed by atoms with Crippen LogP contribution in [0.4, 0.5) is 32.0 Å². The van der Waals surface area contributed by atoms with Crippen molar-refractivity contribution < 1.29 is 26.3 Å². The minimum absolute atomic E-state index is 0.243. The monoisotopic (exact) mass is 408 g/mol. The van der Waals surface area contributed by atoms with Crippen molar-refractivity contribution in [1.29, 1.82) is 5.26 Å². The molecule has 0 fully saturated rings. The molecule has 0 unspecified atom stereocenters. The molecule has 0 saturated heterocycles. The van der Waals surface area contributed by atoms with E-state index in [-0.39, 0.29) is 12.2 Å². The van der Waals surface area contributed by atoms with Gasteiger partial charge in [0.25, 0.3) is 0 Å². The summed E-state index contributed by atoms with van der Waals surface area (Å²) in [6.45, 7) is -1.67. The number of nitrogens with zero attached hydrogens (tertiary/aromatic N) is 2. The molecule has 3 rings (SSSR count). The Balaban J connectivity index is 2.02. The van der Waals surface area contributed by atoms with Crippen molar-refractivity contribution in [2.24, 2.45) is 0 Å². The summed E-state index contributed by atoms with van der Waals surface area (Å²) in [6, 6.07) is 16.4. The fourth-order valence-corrected chi connectivity index (χ4v) is 3.07. The second-order valence-corrected chi connectivity index (χ2v) is 6.49. The summed E-state index contributed by atoms with van der Waals surface area (Å²) in [5, 5.41) is 10.6. The summed E-state index contributed by atoms with van der Waals surface area (Å²) in [4.78, 5) is 0.820. The largest absolute Gasteiger partial charge is 0.417 e. The highest BCUT2D eigenvalue weighted by molar-refractivity contribution is 5.83. The lowest BCUT2D eigenvalue weighted by Crippen LogP contribution is -2.34. The number of nitriles is 1. The number of halogens is 6. The summed E-state index contributed by atoms with van der Waals surface area (Å²) in [5.41, 5.74) is -1.64. The summed E-state index contributed by atoms with van der Waals surface area (Å²) in [7, 11) is 0. The quantitative estimate of drug-likeness (QED) is 0.474. The molecular weight excluding hydrogens is 394 g/mol. The molecule has 150 valence electrons. The third-order valence-corrected chi connectivity index (χ3v) is 4.35. The van der Waals surface area contributed by atoms with Gasteiger partial charge in [-0.25, -0.2) is 0 Å². The molecule has 8 heteroatoms. The third-order valence-electron chi connectivity index (χ3n) is 4.35. The van der Waals surface area contributed by atoms with Crippen LogP contribution >= 0.6 is 0 Å². The molecule has 0 amide bonds. The average Bonchev–Trinajstić information content (AvgIpc) is 2.65. The van der Waals surface area contributed by atoms with Gasteiger partial charge in [0, 0.05) is 12.2 Å². The Bertz CT molecular complexity index is 1060. The van der Waals surface area contributed by atoms with E-state index in [1.165, 1.54) is 6.07 Å². The Morgan fingerprint density at radius 1 is 0.828 bits per heavy atom. The standard InChI is InChI=1S/C21H14F6N2/c22-20(23,24)13-29(12-14-5-6-15-3-1-2-4-16(15)9-14)18-8-7-17(11-28)19(10-18)21(25,26)27/h1-10H,12-13H2. The molecule has 0 atom stereocenters. The molecule has 0 aromatic heterocycles. The maximum Gasteiger partial charge on any atom is 0.417 e. The van der Waals surface area contributed by atoms with Crippen molar-refractivity contribution in [2.75, 3.05) is 11.4 Å². The van der Waals surface area contributed by atoms with Gasteiger partial charge in [-0.15, -0.1) is 0 Å². The lowest BCUT2D eigenvalue weighted by Gasteiger charge is -2.27. The van der Waals surface area contributed by atoms with E-state index in [1.54, 1.807) is 30.3 Å². The Morgan fingerprint density at radius 2 is 1.52 bits per heavy atom. The van der Waals surface area contributed by atoms with Crippen molar-refractivity contribution in [2.45, 2.75) is 18.9 Å². The minimum atomic E-state index is -4.85. The van der Waals surface area contributed by atoms with E-state index in [0.717, 1.165) is 27.8 Å². The number of hydrogen-bond acceptors (Lipinski definition) is 2. The highest BCUT2D eigenvalue weighted by Crippen LogP contribution is 2.35. The number of alkyl halides is 6. The highest BCUT2D eigenvalue weighted by atomic mass is 19.4. The summed E-state index contributed by atoms with van der Waals surface area (Å²) < 4.78 is 79.0. The van der Waals surface area contributed by atoms with Gasteiger partial charge in [-0.3, -0.25) is 0 Å². The Labute approximate surface area is 162 Å². The number of rotatable bonds is 4. The van der Waals surface area contributed by atoms with Crippen molar-refractivity contribution in [3.8, 4) is 6.07 Å². The highest BCUT2D eigenvalue weighted by Gasteiger charge is 2.36.